The largest absolute Gasteiger partial charge is 0.368 e. The van der Waals surface area contributed by atoms with E-state index >= 15 is 0 Å². The van der Waals surface area contributed by atoms with Crippen molar-refractivity contribution < 1.29 is 4.52 Å². The van der Waals surface area contributed by atoms with E-state index in [0.717, 1.165) is 10.2 Å². The summed E-state index contributed by atoms with van der Waals surface area (Å²) in [6.07, 6.45) is 1.89. The van der Waals surface area contributed by atoms with Gasteiger partial charge in [0.15, 0.2) is 5.82 Å². The first-order valence-corrected chi connectivity index (χ1v) is 8.72. The third-order valence-electron chi connectivity index (χ3n) is 3.47. The highest BCUT2D eigenvalue weighted by Gasteiger charge is 2.15. The number of para-hydroxylation sites is 1. The van der Waals surface area contributed by atoms with Crippen LogP contribution in [0.3, 0.4) is 0 Å². The van der Waals surface area contributed by atoms with Crippen LogP contribution < -0.4 is 11.1 Å². The molecule has 0 atom stereocenters. The molecule has 0 bridgehead atoms. The van der Waals surface area contributed by atoms with Crippen molar-refractivity contribution in [1.29, 1.82) is 0 Å². The van der Waals surface area contributed by atoms with Gasteiger partial charge in [0.2, 0.25) is 11.9 Å². The lowest BCUT2D eigenvalue weighted by molar-refractivity contribution is 0.422. The Morgan fingerprint density at radius 2 is 1.81 bits per heavy atom. The third kappa shape index (κ3) is 4.06. The molecule has 0 saturated heterocycles. The molecule has 1 aromatic carbocycles. The van der Waals surface area contributed by atoms with Gasteiger partial charge < -0.3 is 15.6 Å². The van der Waals surface area contributed by atoms with E-state index in [9.17, 15) is 0 Å². The van der Waals surface area contributed by atoms with Crippen LogP contribution in [0.15, 0.2) is 57.7 Å². The minimum absolute atomic E-state index is 0.106. The highest BCUT2D eigenvalue weighted by atomic mass is 79.9. The SMILES string of the molecule is Nc1nc(Cc2noc(-c3ncccc3Br)n2)nc(Nc2ccccc2)n1. The average molecular weight is 425 g/mol. The molecule has 0 aliphatic rings. The molecule has 0 aliphatic heterocycles. The lowest BCUT2D eigenvalue weighted by atomic mass is 10.3. The van der Waals surface area contributed by atoms with Crippen LogP contribution in [0.25, 0.3) is 11.6 Å². The molecule has 10 heteroatoms. The Hall–Kier alpha value is -3.40. The molecule has 3 N–H and O–H groups in total. The van der Waals surface area contributed by atoms with Crippen LogP contribution in [0.1, 0.15) is 11.6 Å². The summed E-state index contributed by atoms with van der Waals surface area (Å²) >= 11 is 3.41. The topological polar surface area (TPSA) is 129 Å². The summed E-state index contributed by atoms with van der Waals surface area (Å²) in [7, 11) is 0. The Morgan fingerprint density at radius 3 is 2.63 bits per heavy atom. The molecule has 4 aromatic rings. The van der Waals surface area contributed by atoms with Crippen LogP contribution in [0.2, 0.25) is 0 Å². The number of aromatic nitrogens is 6. The number of halogens is 1. The van der Waals surface area contributed by atoms with Crippen molar-refractivity contribution in [3.8, 4) is 11.6 Å². The Kier molecular flexibility index (Phi) is 4.71. The first-order valence-electron chi connectivity index (χ1n) is 7.93. The Bertz CT molecular complexity index is 1070. The quantitative estimate of drug-likeness (QED) is 0.496. The van der Waals surface area contributed by atoms with Crippen molar-refractivity contribution in [2.45, 2.75) is 6.42 Å². The third-order valence-corrected chi connectivity index (χ3v) is 4.11. The van der Waals surface area contributed by atoms with E-state index in [1.54, 1.807) is 12.3 Å². The molecule has 0 radical (unpaired) electrons. The van der Waals surface area contributed by atoms with Gasteiger partial charge in [0.1, 0.15) is 11.5 Å². The molecule has 0 amide bonds. The van der Waals surface area contributed by atoms with Gasteiger partial charge in [0.25, 0.3) is 5.89 Å². The first kappa shape index (κ1) is 17.0. The van der Waals surface area contributed by atoms with Crippen LogP contribution in [0.4, 0.5) is 17.6 Å². The molecule has 27 heavy (non-hydrogen) atoms. The zero-order valence-electron chi connectivity index (χ0n) is 13.9. The van der Waals surface area contributed by atoms with Crippen molar-refractivity contribution in [3.63, 3.8) is 0 Å². The van der Waals surface area contributed by atoms with Crippen molar-refractivity contribution in [2.75, 3.05) is 11.1 Å². The van der Waals surface area contributed by atoms with Gasteiger partial charge in [-0.15, -0.1) is 0 Å². The monoisotopic (exact) mass is 424 g/mol. The minimum atomic E-state index is 0.106. The van der Waals surface area contributed by atoms with Gasteiger partial charge in [-0.05, 0) is 40.2 Å². The molecule has 0 fully saturated rings. The molecule has 0 saturated carbocycles. The van der Waals surface area contributed by atoms with Gasteiger partial charge in [-0.1, -0.05) is 23.4 Å². The van der Waals surface area contributed by atoms with Gasteiger partial charge in [-0.3, -0.25) is 0 Å². The fraction of sp³-hybridized carbons (Fsp3) is 0.0588. The van der Waals surface area contributed by atoms with Crippen LogP contribution in [-0.2, 0) is 6.42 Å². The molecular formula is C17H13BrN8O. The lowest BCUT2D eigenvalue weighted by Gasteiger charge is -2.06. The predicted molar refractivity (Wildman–Crippen MR) is 102 cm³/mol. The molecule has 134 valence electrons. The number of hydrogen-bond donors (Lipinski definition) is 2. The summed E-state index contributed by atoms with van der Waals surface area (Å²) in [5, 5.41) is 7.05. The summed E-state index contributed by atoms with van der Waals surface area (Å²) < 4.78 is 6.05. The van der Waals surface area contributed by atoms with Crippen molar-refractivity contribution in [3.05, 3.63) is 64.8 Å². The van der Waals surface area contributed by atoms with Crippen LogP contribution >= 0.6 is 15.9 Å². The van der Waals surface area contributed by atoms with Gasteiger partial charge in [0.05, 0.1) is 6.42 Å². The number of pyridine rings is 1. The van der Waals surface area contributed by atoms with Crippen LogP contribution in [0.5, 0.6) is 0 Å². The molecule has 3 aromatic heterocycles. The lowest BCUT2D eigenvalue weighted by Crippen LogP contribution is -2.08. The van der Waals surface area contributed by atoms with E-state index < -0.39 is 0 Å². The number of nitrogens with one attached hydrogen (secondary N) is 1. The second-order valence-corrected chi connectivity index (χ2v) is 6.31. The number of anilines is 3. The molecule has 0 aliphatic carbocycles. The van der Waals surface area contributed by atoms with E-state index in [2.05, 4.69) is 51.3 Å². The zero-order chi connectivity index (χ0) is 18.6. The maximum atomic E-state index is 5.80. The average Bonchev–Trinajstić information content (AvgIpc) is 3.10. The van der Waals surface area contributed by atoms with Crippen LogP contribution in [-0.4, -0.2) is 30.1 Å². The summed E-state index contributed by atoms with van der Waals surface area (Å²) in [4.78, 5) is 21.2. The second kappa shape index (κ2) is 7.46. The van der Waals surface area contributed by atoms with Crippen molar-refractivity contribution in [2.24, 2.45) is 0 Å². The first-order chi connectivity index (χ1) is 13.2. The maximum absolute atomic E-state index is 5.80. The molecule has 0 spiro atoms. The molecule has 4 rings (SSSR count). The molecule has 3 heterocycles. The highest BCUT2D eigenvalue weighted by Crippen LogP contribution is 2.24. The van der Waals surface area contributed by atoms with E-state index in [4.69, 9.17) is 10.3 Å². The van der Waals surface area contributed by atoms with Gasteiger partial charge in [0, 0.05) is 16.4 Å². The minimum Gasteiger partial charge on any atom is -0.368 e. The molecule has 9 nitrogen and oxygen atoms in total. The van der Waals surface area contributed by atoms with E-state index in [-0.39, 0.29) is 12.4 Å². The Balaban J connectivity index is 1.56. The van der Waals surface area contributed by atoms with Crippen LogP contribution in [0, 0.1) is 0 Å². The zero-order valence-corrected chi connectivity index (χ0v) is 15.5. The Morgan fingerprint density at radius 1 is 0.963 bits per heavy atom. The summed E-state index contributed by atoms with van der Waals surface area (Å²) in [6, 6.07) is 13.2. The Labute approximate surface area is 162 Å². The highest BCUT2D eigenvalue weighted by molar-refractivity contribution is 9.10. The number of nitrogens with two attached hydrogens (primary N) is 1. The van der Waals surface area contributed by atoms with Gasteiger partial charge >= 0.3 is 0 Å². The summed E-state index contributed by atoms with van der Waals surface area (Å²) in [6.45, 7) is 0. The number of nitrogen functional groups attached to an aromatic ring is 1. The standard InChI is InChI=1S/C17H13BrN8O/c18-11-7-4-8-20-14(11)15-22-13(26-27-15)9-12-23-16(19)25-17(24-12)21-10-5-2-1-3-6-10/h1-8H,9H2,(H3,19,21,23,24,25). The number of hydrogen-bond acceptors (Lipinski definition) is 9. The molecular weight excluding hydrogens is 412 g/mol. The van der Waals surface area contributed by atoms with E-state index in [1.165, 1.54) is 0 Å². The number of nitrogens with zero attached hydrogens (tertiary/aromatic N) is 6. The smallest absolute Gasteiger partial charge is 0.277 e. The maximum Gasteiger partial charge on any atom is 0.277 e. The summed E-state index contributed by atoms with van der Waals surface area (Å²) in [5.41, 5.74) is 7.21. The second-order valence-electron chi connectivity index (χ2n) is 5.45. The molecule has 0 unspecified atom stereocenters. The fourth-order valence-electron chi connectivity index (χ4n) is 2.33. The fourth-order valence-corrected chi connectivity index (χ4v) is 2.75. The van der Waals surface area contributed by atoms with Crippen molar-refractivity contribution in [1.82, 2.24) is 30.1 Å². The van der Waals surface area contributed by atoms with Crippen molar-refractivity contribution >= 4 is 33.5 Å². The summed E-state index contributed by atoms with van der Waals surface area (Å²) in [5.74, 6) is 1.60. The van der Waals surface area contributed by atoms with E-state index in [0.29, 0.717) is 29.2 Å². The van der Waals surface area contributed by atoms with Gasteiger partial charge in [-0.2, -0.15) is 19.9 Å². The number of benzene rings is 1. The number of rotatable bonds is 5. The van der Waals surface area contributed by atoms with E-state index in [1.807, 2.05) is 36.4 Å². The normalized spacial score (nSPS) is 10.7. The predicted octanol–water partition coefficient (Wildman–Crippen LogP) is 3.00. The van der Waals surface area contributed by atoms with Gasteiger partial charge in [-0.25, -0.2) is 4.98 Å².